The monoisotopic (exact) mass is 301 g/mol. The zero-order chi connectivity index (χ0) is 15.0. The minimum atomic E-state index is 0.494. The lowest BCUT2D eigenvalue weighted by atomic mass is 9.98. The van der Waals surface area contributed by atoms with Crippen molar-refractivity contribution in [2.45, 2.75) is 18.9 Å². The van der Waals surface area contributed by atoms with Crippen molar-refractivity contribution >= 4 is 11.6 Å². The first-order chi connectivity index (χ1) is 10.1. The molecular weight excluding hydrogens is 282 g/mol. The predicted octanol–water partition coefficient (Wildman–Crippen LogP) is 4.56. The summed E-state index contributed by atoms with van der Waals surface area (Å²) in [5, 5.41) is 0.730. The van der Waals surface area contributed by atoms with Crippen molar-refractivity contribution in [3.05, 3.63) is 52.5 Å². The normalized spacial score (nSPS) is 17.1. The van der Waals surface area contributed by atoms with Crippen LogP contribution in [0.2, 0.25) is 5.02 Å². The molecular formula is C18H20ClNO. The van der Waals surface area contributed by atoms with Gasteiger partial charge in [-0.2, -0.15) is 0 Å². The molecule has 2 aromatic carbocycles. The fourth-order valence-corrected chi connectivity index (χ4v) is 3.50. The number of methoxy groups -OCH3 is 1. The molecule has 110 valence electrons. The lowest BCUT2D eigenvalue weighted by molar-refractivity contribution is 0.299. The Morgan fingerprint density at radius 2 is 2.00 bits per heavy atom. The Hall–Kier alpha value is -1.51. The summed E-state index contributed by atoms with van der Waals surface area (Å²) in [5.74, 6) is 0.821. The van der Waals surface area contributed by atoms with E-state index in [0.29, 0.717) is 6.04 Å². The maximum Gasteiger partial charge on any atom is 0.128 e. The van der Waals surface area contributed by atoms with Gasteiger partial charge in [0.2, 0.25) is 0 Å². The highest BCUT2D eigenvalue weighted by Gasteiger charge is 2.25. The molecule has 2 nitrogen and oxygen atoms in total. The molecule has 2 aromatic rings. The topological polar surface area (TPSA) is 12.5 Å². The van der Waals surface area contributed by atoms with Crippen molar-refractivity contribution in [3.8, 4) is 16.9 Å². The molecule has 0 saturated carbocycles. The van der Waals surface area contributed by atoms with Gasteiger partial charge in [0.25, 0.3) is 0 Å². The molecule has 1 aliphatic carbocycles. The van der Waals surface area contributed by atoms with Gasteiger partial charge in [0.15, 0.2) is 0 Å². The summed E-state index contributed by atoms with van der Waals surface area (Å²) >= 11 is 6.40. The number of benzene rings is 2. The van der Waals surface area contributed by atoms with Gasteiger partial charge < -0.3 is 9.64 Å². The Bertz CT molecular complexity index is 666. The van der Waals surface area contributed by atoms with Crippen molar-refractivity contribution in [1.29, 1.82) is 0 Å². The van der Waals surface area contributed by atoms with Crippen LogP contribution in [0, 0.1) is 0 Å². The Labute approximate surface area is 131 Å². The van der Waals surface area contributed by atoms with Gasteiger partial charge in [0.1, 0.15) is 5.75 Å². The molecule has 0 aromatic heterocycles. The third kappa shape index (κ3) is 2.54. The maximum absolute atomic E-state index is 6.40. The SMILES string of the molecule is COc1cccc(Cl)c1-c1ccc2c(c1)C(N(C)C)CC2. The van der Waals surface area contributed by atoms with Gasteiger partial charge in [-0.1, -0.05) is 29.8 Å². The second-order valence-corrected chi connectivity index (χ2v) is 6.16. The van der Waals surface area contributed by atoms with Crippen LogP contribution in [0.4, 0.5) is 0 Å². The molecule has 0 amide bonds. The second-order valence-electron chi connectivity index (χ2n) is 5.75. The summed E-state index contributed by atoms with van der Waals surface area (Å²) < 4.78 is 5.48. The Morgan fingerprint density at radius 3 is 2.71 bits per heavy atom. The number of nitrogens with zero attached hydrogens (tertiary/aromatic N) is 1. The van der Waals surface area contributed by atoms with Crippen molar-refractivity contribution in [2.24, 2.45) is 0 Å². The molecule has 1 atom stereocenters. The van der Waals surface area contributed by atoms with E-state index in [4.69, 9.17) is 16.3 Å². The van der Waals surface area contributed by atoms with Gasteiger partial charge >= 0.3 is 0 Å². The van der Waals surface area contributed by atoms with Crippen LogP contribution in [0.3, 0.4) is 0 Å². The van der Waals surface area contributed by atoms with E-state index in [-0.39, 0.29) is 0 Å². The van der Waals surface area contributed by atoms with Gasteiger partial charge in [-0.05, 0) is 61.8 Å². The third-order valence-electron chi connectivity index (χ3n) is 4.30. The van der Waals surface area contributed by atoms with Crippen molar-refractivity contribution < 1.29 is 4.74 Å². The Balaban J connectivity index is 2.12. The molecule has 3 heteroatoms. The molecule has 0 heterocycles. The number of hydrogen-bond donors (Lipinski definition) is 0. The first kappa shape index (κ1) is 14.4. The number of fused-ring (bicyclic) bond motifs is 1. The smallest absolute Gasteiger partial charge is 0.128 e. The number of aryl methyl sites for hydroxylation is 1. The zero-order valence-corrected chi connectivity index (χ0v) is 13.4. The number of hydrogen-bond acceptors (Lipinski definition) is 2. The Kier molecular flexibility index (Phi) is 3.92. The predicted molar refractivity (Wildman–Crippen MR) is 88.2 cm³/mol. The third-order valence-corrected chi connectivity index (χ3v) is 4.61. The molecule has 0 aliphatic heterocycles. The lowest BCUT2D eigenvalue weighted by Crippen LogP contribution is -2.17. The van der Waals surface area contributed by atoms with Crippen LogP contribution in [0.1, 0.15) is 23.6 Å². The van der Waals surface area contributed by atoms with E-state index in [1.54, 1.807) is 7.11 Å². The van der Waals surface area contributed by atoms with Crippen LogP contribution in [0.15, 0.2) is 36.4 Å². The van der Waals surface area contributed by atoms with Crippen molar-refractivity contribution in [2.75, 3.05) is 21.2 Å². The average Bonchev–Trinajstić information content (AvgIpc) is 2.89. The fourth-order valence-electron chi connectivity index (χ4n) is 3.23. The highest BCUT2D eigenvalue weighted by molar-refractivity contribution is 6.33. The molecule has 1 unspecified atom stereocenters. The van der Waals surface area contributed by atoms with Gasteiger partial charge in [-0.3, -0.25) is 0 Å². The summed E-state index contributed by atoms with van der Waals surface area (Å²) in [6.45, 7) is 0. The first-order valence-electron chi connectivity index (χ1n) is 7.24. The van der Waals surface area contributed by atoms with Crippen molar-refractivity contribution in [1.82, 2.24) is 4.90 Å². The molecule has 0 N–H and O–H groups in total. The molecule has 0 radical (unpaired) electrons. The van der Waals surface area contributed by atoms with E-state index < -0.39 is 0 Å². The summed E-state index contributed by atoms with van der Waals surface area (Å²) in [7, 11) is 5.97. The highest BCUT2D eigenvalue weighted by atomic mass is 35.5. The standard InChI is InChI=1S/C18H20ClNO/c1-20(2)16-10-9-12-7-8-13(11-14(12)16)18-15(19)5-4-6-17(18)21-3/h4-8,11,16H,9-10H2,1-3H3. The van der Waals surface area contributed by atoms with Gasteiger partial charge in [-0.25, -0.2) is 0 Å². The molecule has 0 spiro atoms. The number of rotatable bonds is 3. The lowest BCUT2D eigenvalue weighted by Gasteiger charge is -2.21. The number of halogens is 1. The fraction of sp³-hybridized carbons (Fsp3) is 0.333. The van der Waals surface area contributed by atoms with E-state index in [0.717, 1.165) is 28.3 Å². The van der Waals surface area contributed by atoms with E-state index in [1.165, 1.54) is 17.5 Å². The van der Waals surface area contributed by atoms with E-state index in [1.807, 2.05) is 18.2 Å². The van der Waals surface area contributed by atoms with Gasteiger partial charge in [0, 0.05) is 11.6 Å². The first-order valence-corrected chi connectivity index (χ1v) is 7.61. The molecule has 0 fully saturated rings. The van der Waals surface area contributed by atoms with Crippen LogP contribution in [-0.4, -0.2) is 26.1 Å². The summed E-state index contributed by atoms with van der Waals surface area (Å²) in [6, 6.07) is 12.9. The van der Waals surface area contributed by atoms with E-state index >= 15 is 0 Å². The van der Waals surface area contributed by atoms with Gasteiger partial charge in [0.05, 0.1) is 12.1 Å². The van der Waals surface area contributed by atoms with Gasteiger partial charge in [-0.15, -0.1) is 0 Å². The van der Waals surface area contributed by atoms with Crippen LogP contribution < -0.4 is 4.74 Å². The Morgan fingerprint density at radius 1 is 1.19 bits per heavy atom. The molecule has 0 saturated heterocycles. The van der Waals surface area contributed by atoms with Crippen molar-refractivity contribution in [3.63, 3.8) is 0 Å². The average molecular weight is 302 g/mol. The summed E-state index contributed by atoms with van der Waals surface area (Å²) in [6.07, 6.45) is 2.34. The van der Waals surface area contributed by atoms with Crippen LogP contribution in [-0.2, 0) is 6.42 Å². The molecule has 1 aliphatic rings. The van der Waals surface area contributed by atoms with E-state index in [2.05, 4.69) is 37.2 Å². The molecule has 3 rings (SSSR count). The maximum atomic E-state index is 6.40. The zero-order valence-electron chi connectivity index (χ0n) is 12.7. The molecule has 0 bridgehead atoms. The van der Waals surface area contributed by atoms with Crippen LogP contribution in [0.5, 0.6) is 5.75 Å². The quantitative estimate of drug-likeness (QED) is 0.824. The second kappa shape index (κ2) is 5.70. The van der Waals surface area contributed by atoms with E-state index in [9.17, 15) is 0 Å². The highest BCUT2D eigenvalue weighted by Crippen LogP contribution is 2.41. The van der Waals surface area contributed by atoms with Crippen LogP contribution >= 0.6 is 11.6 Å². The van der Waals surface area contributed by atoms with Crippen LogP contribution in [0.25, 0.3) is 11.1 Å². The minimum Gasteiger partial charge on any atom is -0.496 e. The molecule has 21 heavy (non-hydrogen) atoms. The largest absolute Gasteiger partial charge is 0.496 e. The summed E-state index contributed by atoms with van der Waals surface area (Å²) in [5.41, 5.74) is 4.97. The minimum absolute atomic E-state index is 0.494. The number of ether oxygens (including phenoxy) is 1. The summed E-state index contributed by atoms with van der Waals surface area (Å²) in [4.78, 5) is 2.29.